The number of rotatable bonds is 5. The molecular formula is C22H24N2O4. The Bertz CT molecular complexity index is 845. The number of carbonyl (C=O) groups is 2. The van der Waals surface area contributed by atoms with Crippen molar-refractivity contribution < 1.29 is 19.1 Å². The van der Waals surface area contributed by atoms with Crippen LogP contribution in [0, 0.1) is 5.92 Å². The zero-order valence-electron chi connectivity index (χ0n) is 15.7. The van der Waals surface area contributed by atoms with E-state index in [2.05, 4.69) is 5.32 Å². The quantitative estimate of drug-likeness (QED) is 0.866. The van der Waals surface area contributed by atoms with Crippen molar-refractivity contribution in [3.63, 3.8) is 0 Å². The summed E-state index contributed by atoms with van der Waals surface area (Å²) in [6.07, 6.45) is 1.74. The molecule has 0 unspecified atom stereocenters. The van der Waals surface area contributed by atoms with E-state index in [-0.39, 0.29) is 24.5 Å². The molecule has 6 heteroatoms. The number of likely N-dealkylation sites (tertiary alicyclic amines) is 1. The van der Waals surface area contributed by atoms with Crippen molar-refractivity contribution in [1.82, 2.24) is 10.2 Å². The largest absolute Gasteiger partial charge is 0.454 e. The summed E-state index contributed by atoms with van der Waals surface area (Å²) in [7, 11) is 0. The molecule has 2 amide bonds. The lowest BCUT2D eigenvalue weighted by Gasteiger charge is -2.31. The maximum absolute atomic E-state index is 12.6. The Labute approximate surface area is 164 Å². The first-order valence-electron chi connectivity index (χ1n) is 9.67. The van der Waals surface area contributed by atoms with Gasteiger partial charge >= 0.3 is 0 Å². The highest BCUT2D eigenvalue weighted by Crippen LogP contribution is 2.32. The van der Waals surface area contributed by atoms with Crippen molar-refractivity contribution in [2.24, 2.45) is 5.92 Å². The summed E-state index contributed by atoms with van der Waals surface area (Å²) in [6.45, 7) is 2.01. The molecule has 0 radical (unpaired) electrons. The molecule has 4 rings (SSSR count). The number of hydrogen-bond donors (Lipinski definition) is 1. The average Bonchev–Trinajstić information content (AvgIpc) is 3.21. The first-order chi connectivity index (χ1) is 13.7. The highest BCUT2D eigenvalue weighted by molar-refractivity contribution is 5.81. The van der Waals surface area contributed by atoms with Crippen molar-refractivity contribution in [3.05, 3.63) is 59.7 Å². The van der Waals surface area contributed by atoms with Crippen LogP contribution in [0.15, 0.2) is 48.5 Å². The zero-order valence-corrected chi connectivity index (χ0v) is 15.7. The molecular weight excluding hydrogens is 356 g/mol. The van der Waals surface area contributed by atoms with Gasteiger partial charge in [0.25, 0.3) is 0 Å². The number of nitrogens with one attached hydrogen (secondary N) is 1. The normalized spacial score (nSPS) is 16.1. The van der Waals surface area contributed by atoms with Gasteiger partial charge in [0.1, 0.15) is 0 Å². The third kappa shape index (κ3) is 4.27. The summed E-state index contributed by atoms with van der Waals surface area (Å²) in [5.74, 6) is 1.55. The minimum absolute atomic E-state index is 0.0293. The molecule has 2 aliphatic rings. The topological polar surface area (TPSA) is 67.9 Å². The van der Waals surface area contributed by atoms with E-state index in [0.29, 0.717) is 44.6 Å². The lowest BCUT2D eigenvalue weighted by atomic mass is 9.95. The van der Waals surface area contributed by atoms with E-state index in [4.69, 9.17) is 9.47 Å². The summed E-state index contributed by atoms with van der Waals surface area (Å²) in [5.41, 5.74) is 2.00. The summed E-state index contributed by atoms with van der Waals surface area (Å²) < 4.78 is 10.7. The van der Waals surface area contributed by atoms with Crippen molar-refractivity contribution >= 4 is 11.8 Å². The molecule has 0 saturated carbocycles. The number of fused-ring (bicyclic) bond motifs is 1. The molecule has 2 aliphatic heterocycles. The maximum Gasteiger partial charge on any atom is 0.231 e. The van der Waals surface area contributed by atoms with Gasteiger partial charge < -0.3 is 19.7 Å². The van der Waals surface area contributed by atoms with Crippen LogP contribution in [0.4, 0.5) is 0 Å². The highest BCUT2D eigenvalue weighted by atomic mass is 16.7. The molecule has 1 saturated heterocycles. The van der Waals surface area contributed by atoms with Gasteiger partial charge in [0, 0.05) is 25.6 Å². The second-order valence-electron chi connectivity index (χ2n) is 7.22. The van der Waals surface area contributed by atoms with Crippen molar-refractivity contribution in [1.29, 1.82) is 0 Å². The van der Waals surface area contributed by atoms with Gasteiger partial charge in [-0.15, -0.1) is 0 Å². The fraction of sp³-hybridized carbons (Fsp3) is 0.364. The van der Waals surface area contributed by atoms with E-state index in [1.165, 1.54) is 0 Å². The maximum atomic E-state index is 12.6. The van der Waals surface area contributed by atoms with Crippen LogP contribution in [0.5, 0.6) is 11.5 Å². The molecule has 1 fully saturated rings. The van der Waals surface area contributed by atoms with E-state index >= 15 is 0 Å². The van der Waals surface area contributed by atoms with E-state index < -0.39 is 0 Å². The van der Waals surface area contributed by atoms with Gasteiger partial charge in [-0.25, -0.2) is 0 Å². The smallest absolute Gasteiger partial charge is 0.231 e. The Morgan fingerprint density at radius 1 is 0.964 bits per heavy atom. The van der Waals surface area contributed by atoms with Gasteiger partial charge in [-0.3, -0.25) is 9.59 Å². The monoisotopic (exact) mass is 380 g/mol. The van der Waals surface area contributed by atoms with Crippen molar-refractivity contribution in [2.45, 2.75) is 25.8 Å². The zero-order chi connectivity index (χ0) is 19.3. The lowest BCUT2D eigenvalue weighted by molar-refractivity contribution is -0.135. The first kappa shape index (κ1) is 18.3. The highest BCUT2D eigenvalue weighted by Gasteiger charge is 2.27. The van der Waals surface area contributed by atoms with Gasteiger partial charge in [0.2, 0.25) is 18.6 Å². The molecule has 2 aromatic rings. The minimum Gasteiger partial charge on any atom is -0.454 e. The Morgan fingerprint density at radius 3 is 2.50 bits per heavy atom. The second-order valence-corrected chi connectivity index (χ2v) is 7.22. The number of piperidine rings is 1. The summed E-state index contributed by atoms with van der Waals surface area (Å²) in [6, 6.07) is 15.5. The standard InChI is InChI=1S/C22H24N2O4/c25-21(13-17-6-7-19-20(12-17)28-15-27-19)24-10-8-18(9-11-24)22(26)23-14-16-4-2-1-3-5-16/h1-7,12,18H,8-11,13-15H2,(H,23,26). The average molecular weight is 380 g/mol. The number of carbonyl (C=O) groups excluding carboxylic acids is 2. The third-order valence-electron chi connectivity index (χ3n) is 5.32. The van der Waals surface area contributed by atoms with Crippen LogP contribution in [0.1, 0.15) is 24.0 Å². The summed E-state index contributed by atoms with van der Waals surface area (Å²) in [5, 5.41) is 3.01. The lowest BCUT2D eigenvalue weighted by Crippen LogP contribution is -2.43. The number of ether oxygens (including phenoxy) is 2. The van der Waals surface area contributed by atoms with Crippen LogP contribution in [0.25, 0.3) is 0 Å². The minimum atomic E-state index is -0.0293. The molecule has 0 atom stereocenters. The fourth-order valence-electron chi connectivity index (χ4n) is 3.66. The molecule has 1 N–H and O–H groups in total. The molecule has 146 valence electrons. The Morgan fingerprint density at radius 2 is 1.71 bits per heavy atom. The van der Waals surface area contributed by atoms with E-state index in [9.17, 15) is 9.59 Å². The summed E-state index contributed by atoms with van der Waals surface area (Å²) in [4.78, 5) is 26.9. The molecule has 0 bridgehead atoms. The first-order valence-corrected chi connectivity index (χ1v) is 9.67. The molecule has 2 heterocycles. The van der Waals surface area contributed by atoms with E-state index in [0.717, 1.165) is 16.9 Å². The van der Waals surface area contributed by atoms with Gasteiger partial charge in [-0.05, 0) is 36.1 Å². The van der Waals surface area contributed by atoms with E-state index in [1.54, 1.807) is 0 Å². The van der Waals surface area contributed by atoms with Crippen LogP contribution < -0.4 is 14.8 Å². The van der Waals surface area contributed by atoms with Crippen molar-refractivity contribution in [3.8, 4) is 11.5 Å². The molecule has 2 aromatic carbocycles. The molecule has 0 aliphatic carbocycles. The predicted octanol–water partition coefficient (Wildman–Crippen LogP) is 2.51. The SMILES string of the molecule is O=C(NCc1ccccc1)C1CCN(C(=O)Cc2ccc3c(c2)OCO3)CC1. The van der Waals surface area contributed by atoms with Crippen LogP contribution in [-0.2, 0) is 22.6 Å². The Balaban J connectivity index is 1.24. The van der Waals surface area contributed by atoms with Crippen molar-refractivity contribution in [2.75, 3.05) is 19.9 Å². The molecule has 6 nitrogen and oxygen atoms in total. The number of nitrogens with zero attached hydrogens (tertiary/aromatic N) is 1. The molecule has 0 spiro atoms. The number of benzene rings is 2. The third-order valence-corrected chi connectivity index (χ3v) is 5.32. The van der Waals surface area contributed by atoms with Crippen LogP contribution in [0.3, 0.4) is 0 Å². The van der Waals surface area contributed by atoms with E-state index in [1.807, 2.05) is 53.4 Å². The number of amides is 2. The van der Waals surface area contributed by atoms with Crippen LogP contribution in [-0.4, -0.2) is 36.6 Å². The van der Waals surface area contributed by atoms with Crippen LogP contribution >= 0.6 is 0 Å². The second kappa shape index (κ2) is 8.33. The fourth-order valence-corrected chi connectivity index (χ4v) is 3.66. The Hall–Kier alpha value is -3.02. The molecule has 28 heavy (non-hydrogen) atoms. The van der Waals surface area contributed by atoms with Gasteiger partial charge in [-0.1, -0.05) is 36.4 Å². The van der Waals surface area contributed by atoms with Gasteiger partial charge in [-0.2, -0.15) is 0 Å². The van der Waals surface area contributed by atoms with Gasteiger partial charge in [0.15, 0.2) is 11.5 Å². The summed E-state index contributed by atoms with van der Waals surface area (Å²) >= 11 is 0. The van der Waals surface area contributed by atoms with Crippen LogP contribution in [0.2, 0.25) is 0 Å². The predicted molar refractivity (Wildman–Crippen MR) is 104 cm³/mol. The molecule has 0 aromatic heterocycles. The Kier molecular flexibility index (Phi) is 5.46. The number of hydrogen-bond acceptors (Lipinski definition) is 4. The van der Waals surface area contributed by atoms with Gasteiger partial charge in [0.05, 0.1) is 6.42 Å².